The van der Waals surface area contributed by atoms with Crippen molar-refractivity contribution < 1.29 is 0 Å². The Balaban J connectivity index is 1.69. The SMILES string of the molecule is CC(C)CNCC1CCN(Cc2cncc(Br)c2)CC1. The predicted octanol–water partition coefficient (Wildman–Crippen LogP) is 3.30. The van der Waals surface area contributed by atoms with Gasteiger partial charge in [-0.3, -0.25) is 9.88 Å². The first-order valence-electron chi connectivity index (χ1n) is 7.66. The van der Waals surface area contributed by atoms with Gasteiger partial charge in [-0.2, -0.15) is 0 Å². The normalized spacial score (nSPS) is 17.8. The Morgan fingerprint density at radius 2 is 2.10 bits per heavy atom. The molecule has 1 fully saturated rings. The molecule has 20 heavy (non-hydrogen) atoms. The molecule has 2 heterocycles. The molecule has 1 aromatic heterocycles. The van der Waals surface area contributed by atoms with E-state index in [4.69, 9.17) is 0 Å². The molecule has 0 spiro atoms. The van der Waals surface area contributed by atoms with E-state index in [2.05, 4.69) is 51.0 Å². The van der Waals surface area contributed by atoms with Gasteiger partial charge >= 0.3 is 0 Å². The Labute approximate surface area is 131 Å². The lowest BCUT2D eigenvalue weighted by molar-refractivity contribution is 0.175. The summed E-state index contributed by atoms with van der Waals surface area (Å²) in [6.07, 6.45) is 6.44. The molecule has 0 aromatic carbocycles. The second kappa shape index (κ2) is 8.11. The molecule has 0 amide bonds. The van der Waals surface area contributed by atoms with Gasteiger partial charge in [0.15, 0.2) is 0 Å². The molecular weight excluding hydrogens is 314 g/mol. The molecular formula is C16H26BrN3. The van der Waals surface area contributed by atoms with E-state index in [-0.39, 0.29) is 0 Å². The monoisotopic (exact) mass is 339 g/mol. The second-order valence-electron chi connectivity index (χ2n) is 6.28. The van der Waals surface area contributed by atoms with Crippen LogP contribution in [0.25, 0.3) is 0 Å². The third-order valence-electron chi connectivity index (χ3n) is 3.86. The number of hydrogen-bond acceptors (Lipinski definition) is 3. The Morgan fingerprint density at radius 3 is 2.75 bits per heavy atom. The molecule has 1 aromatic rings. The molecule has 0 radical (unpaired) electrons. The van der Waals surface area contributed by atoms with Crippen LogP contribution in [0.5, 0.6) is 0 Å². The first-order chi connectivity index (χ1) is 9.63. The molecule has 4 heteroatoms. The number of nitrogens with one attached hydrogen (secondary N) is 1. The average Bonchev–Trinajstić information content (AvgIpc) is 2.40. The summed E-state index contributed by atoms with van der Waals surface area (Å²) in [5.74, 6) is 1.60. The van der Waals surface area contributed by atoms with Gasteiger partial charge in [-0.15, -0.1) is 0 Å². The van der Waals surface area contributed by atoms with Crippen molar-refractivity contribution in [2.24, 2.45) is 11.8 Å². The van der Waals surface area contributed by atoms with Crippen LogP contribution in [-0.2, 0) is 6.54 Å². The summed E-state index contributed by atoms with van der Waals surface area (Å²) in [6.45, 7) is 10.3. The van der Waals surface area contributed by atoms with Crippen LogP contribution in [0.4, 0.5) is 0 Å². The first kappa shape index (κ1) is 15.9. The first-order valence-corrected chi connectivity index (χ1v) is 8.45. The Morgan fingerprint density at radius 1 is 1.35 bits per heavy atom. The van der Waals surface area contributed by atoms with Crippen molar-refractivity contribution in [2.45, 2.75) is 33.2 Å². The van der Waals surface area contributed by atoms with Gasteiger partial charge in [0.25, 0.3) is 0 Å². The van der Waals surface area contributed by atoms with E-state index < -0.39 is 0 Å². The maximum absolute atomic E-state index is 4.24. The van der Waals surface area contributed by atoms with E-state index in [1.807, 2.05) is 12.4 Å². The van der Waals surface area contributed by atoms with E-state index in [1.165, 1.54) is 38.0 Å². The summed E-state index contributed by atoms with van der Waals surface area (Å²) in [5.41, 5.74) is 1.30. The summed E-state index contributed by atoms with van der Waals surface area (Å²) in [6, 6.07) is 2.17. The van der Waals surface area contributed by atoms with Crippen LogP contribution in [0.15, 0.2) is 22.9 Å². The lowest BCUT2D eigenvalue weighted by Crippen LogP contribution is -2.37. The number of hydrogen-bond donors (Lipinski definition) is 1. The zero-order chi connectivity index (χ0) is 14.4. The second-order valence-corrected chi connectivity index (χ2v) is 7.20. The number of aromatic nitrogens is 1. The van der Waals surface area contributed by atoms with Crippen molar-refractivity contribution in [3.63, 3.8) is 0 Å². The van der Waals surface area contributed by atoms with Crippen molar-refractivity contribution in [3.05, 3.63) is 28.5 Å². The van der Waals surface area contributed by atoms with Crippen molar-refractivity contribution in [1.82, 2.24) is 15.2 Å². The minimum absolute atomic E-state index is 0.749. The standard InChI is InChI=1S/C16H26BrN3/c1-13(2)8-18-9-14-3-5-20(6-4-14)12-15-7-16(17)11-19-10-15/h7,10-11,13-14,18H,3-6,8-9,12H2,1-2H3. The molecule has 2 rings (SSSR count). The quantitative estimate of drug-likeness (QED) is 0.861. The van der Waals surface area contributed by atoms with E-state index in [0.29, 0.717) is 0 Å². The highest BCUT2D eigenvalue weighted by atomic mass is 79.9. The summed E-state index contributed by atoms with van der Waals surface area (Å²) in [7, 11) is 0. The molecule has 0 atom stereocenters. The highest BCUT2D eigenvalue weighted by Crippen LogP contribution is 2.19. The number of pyridine rings is 1. The lowest BCUT2D eigenvalue weighted by Gasteiger charge is -2.32. The molecule has 0 aliphatic carbocycles. The molecule has 1 N–H and O–H groups in total. The molecule has 3 nitrogen and oxygen atoms in total. The van der Waals surface area contributed by atoms with Crippen molar-refractivity contribution >= 4 is 15.9 Å². The highest BCUT2D eigenvalue weighted by Gasteiger charge is 2.19. The van der Waals surface area contributed by atoms with Crippen LogP contribution < -0.4 is 5.32 Å². The average molecular weight is 340 g/mol. The predicted molar refractivity (Wildman–Crippen MR) is 87.6 cm³/mol. The largest absolute Gasteiger partial charge is 0.316 e. The number of likely N-dealkylation sites (tertiary alicyclic amines) is 1. The van der Waals surface area contributed by atoms with E-state index in [1.54, 1.807) is 0 Å². The molecule has 1 saturated heterocycles. The fourth-order valence-electron chi connectivity index (χ4n) is 2.73. The van der Waals surface area contributed by atoms with Crippen molar-refractivity contribution in [3.8, 4) is 0 Å². The fourth-order valence-corrected chi connectivity index (χ4v) is 3.14. The third kappa shape index (κ3) is 5.51. The van der Waals surface area contributed by atoms with Crippen molar-refractivity contribution in [1.29, 1.82) is 0 Å². The van der Waals surface area contributed by atoms with Crippen molar-refractivity contribution in [2.75, 3.05) is 26.2 Å². The summed E-state index contributed by atoms with van der Waals surface area (Å²) in [5, 5.41) is 3.59. The summed E-state index contributed by atoms with van der Waals surface area (Å²) >= 11 is 3.49. The van der Waals surface area contributed by atoms with Crippen LogP contribution in [0, 0.1) is 11.8 Å². The Kier molecular flexibility index (Phi) is 6.46. The molecule has 1 aliphatic rings. The van der Waals surface area contributed by atoms with E-state index in [9.17, 15) is 0 Å². The Bertz CT molecular complexity index is 400. The van der Waals surface area contributed by atoms with Crippen LogP contribution in [0.1, 0.15) is 32.3 Å². The topological polar surface area (TPSA) is 28.2 Å². The van der Waals surface area contributed by atoms with Gasteiger partial charge in [0.1, 0.15) is 0 Å². The van der Waals surface area contributed by atoms with Gasteiger partial charge in [-0.25, -0.2) is 0 Å². The molecule has 0 unspecified atom stereocenters. The van der Waals surface area contributed by atoms with Gasteiger partial charge in [0.2, 0.25) is 0 Å². The third-order valence-corrected chi connectivity index (χ3v) is 4.29. The summed E-state index contributed by atoms with van der Waals surface area (Å²) < 4.78 is 1.07. The molecule has 1 aliphatic heterocycles. The molecule has 0 saturated carbocycles. The fraction of sp³-hybridized carbons (Fsp3) is 0.688. The lowest BCUT2D eigenvalue weighted by atomic mass is 9.96. The minimum Gasteiger partial charge on any atom is -0.316 e. The zero-order valence-corrected chi connectivity index (χ0v) is 14.2. The zero-order valence-electron chi connectivity index (χ0n) is 12.6. The van der Waals surface area contributed by atoms with Crippen LogP contribution in [-0.4, -0.2) is 36.1 Å². The van der Waals surface area contributed by atoms with Gasteiger partial charge in [-0.1, -0.05) is 13.8 Å². The van der Waals surface area contributed by atoms with E-state index >= 15 is 0 Å². The Hall–Kier alpha value is -0.450. The maximum Gasteiger partial charge on any atom is 0.0410 e. The van der Waals surface area contributed by atoms with E-state index in [0.717, 1.165) is 29.4 Å². The number of halogens is 1. The van der Waals surface area contributed by atoms with Gasteiger partial charge < -0.3 is 5.32 Å². The number of rotatable bonds is 6. The van der Waals surface area contributed by atoms with Gasteiger partial charge in [0.05, 0.1) is 0 Å². The molecule has 0 bridgehead atoms. The number of nitrogens with zero attached hydrogens (tertiary/aromatic N) is 2. The van der Waals surface area contributed by atoms with Gasteiger partial charge in [0, 0.05) is 23.4 Å². The smallest absolute Gasteiger partial charge is 0.0410 e. The van der Waals surface area contributed by atoms with Crippen LogP contribution in [0.2, 0.25) is 0 Å². The summed E-state index contributed by atoms with van der Waals surface area (Å²) in [4.78, 5) is 6.78. The molecule has 112 valence electrons. The van der Waals surface area contributed by atoms with Gasteiger partial charge in [-0.05, 0) is 78.4 Å². The van der Waals surface area contributed by atoms with Crippen LogP contribution in [0.3, 0.4) is 0 Å². The number of piperidine rings is 1. The maximum atomic E-state index is 4.24. The van der Waals surface area contributed by atoms with Crippen LogP contribution >= 0.6 is 15.9 Å². The highest BCUT2D eigenvalue weighted by molar-refractivity contribution is 9.10. The minimum atomic E-state index is 0.749.